The third-order valence-corrected chi connectivity index (χ3v) is 6.50. The number of benzene rings is 1. The number of likely N-dealkylation sites (tertiary alicyclic amines) is 1. The van der Waals surface area contributed by atoms with Crippen molar-refractivity contribution < 1.29 is 13.2 Å². The summed E-state index contributed by atoms with van der Waals surface area (Å²) < 4.78 is 27.9. The van der Waals surface area contributed by atoms with Crippen LogP contribution in [0.1, 0.15) is 18.5 Å². The molecule has 2 aromatic rings. The van der Waals surface area contributed by atoms with Gasteiger partial charge in [0.25, 0.3) is 0 Å². The predicted octanol–water partition coefficient (Wildman–Crippen LogP) is 1.35. The van der Waals surface area contributed by atoms with Gasteiger partial charge in [0.15, 0.2) is 0 Å². The number of hydrogen-bond acceptors (Lipinski definition) is 5. The molecule has 2 N–H and O–H groups in total. The topological polar surface area (TPSA) is 91.4 Å². The van der Waals surface area contributed by atoms with Crippen LogP contribution in [0.2, 0.25) is 0 Å². The molecule has 26 heavy (non-hydrogen) atoms. The summed E-state index contributed by atoms with van der Waals surface area (Å²) in [4.78, 5) is 18.7. The zero-order valence-corrected chi connectivity index (χ0v) is 15.0. The third kappa shape index (κ3) is 3.17. The lowest BCUT2D eigenvalue weighted by atomic mass is 9.96. The predicted molar refractivity (Wildman–Crippen MR) is 96.9 cm³/mol. The van der Waals surface area contributed by atoms with Gasteiger partial charge in [0.1, 0.15) is 10.6 Å². The quantitative estimate of drug-likeness (QED) is 0.830. The van der Waals surface area contributed by atoms with Crippen molar-refractivity contribution in [3.05, 3.63) is 54.4 Å². The molecule has 1 spiro atoms. The van der Waals surface area contributed by atoms with Gasteiger partial charge in [0.05, 0.1) is 12.1 Å². The fraction of sp³-hybridized carbons (Fsp3) is 0.333. The number of nitrogens with zero attached hydrogens (tertiary/aromatic N) is 2. The maximum atomic E-state index is 12.6. The minimum atomic E-state index is -3.56. The van der Waals surface area contributed by atoms with E-state index in [1.807, 2.05) is 24.3 Å². The van der Waals surface area contributed by atoms with Crippen LogP contribution in [-0.2, 0) is 21.2 Å². The van der Waals surface area contributed by atoms with Crippen molar-refractivity contribution in [2.45, 2.75) is 29.8 Å². The number of rotatable bonds is 2. The number of nitrogens with one attached hydrogen (secondary N) is 2. The Labute approximate surface area is 152 Å². The average molecular weight is 372 g/mol. The molecule has 4 rings (SSSR count). The number of fused-ring (bicyclic) bond motifs is 1. The summed E-state index contributed by atoms with van der Waals surface area (Å²) in [6, 6.07) is 12.4. The molecule has 0 saturated carbocycles. The van der Waals surface area contributed by atoms with Gasteiger partial charge >= 0.3 is 0 Å². The number of carbonyl (C=O) groups excluding carboxylic acids is 1. The van der Waals surface area contributed by atoms with Crippen LogP contribution in [0, 0.1) is 0 Å². The lowest BCUT2D eigenvalue weighted by molar-refractivity contribution is -0.132. The maximum absolute atomic E-state index is 12.6. The number of piperidine rings is 1. The van der Waals surface area contributed by atoms with Gasteiger partial charge in [0.2, 0.25) is 15.9 Å². The van der Waals surface area contributed by atoms with Gasteiger partial charge in [-0.2, -0.15) is 4.72 Å². The van der Waals surface area contributed by atoms with E-state index in [9.17, 15) is 13.2 Å². The van der Waals surface area contributed by atoms with E-state index in [4.69, 9.17) is 0 Å². The summed E-state index contributed by atoms with van der Waals surface area (Å²) in [5, 5.41) is 3.34. The summed E-state index contributed by atoms with van der Waals surface area (Å²) in [7, 11) is -3.56. The lowest BCUT2D eigenvalue weighted by Crippen LogP contribution is -2.62. The normalized spacial score (nSPS) is 20.2. The maximum Gasteiger partial charge on any atom is 0.244 e. The molecule has 7 nitrogen and oxygen atoms in total. The van der Waals surface area contributed by atoms with Gasteiger partial charge in [-0.15, -0.1) is 0 Å². The van der Waals surface area contributed by atoms with Crippen molar-refractivity contribution in [2.75, 3.05) is 18.4 Å². The first-order chi connectivity index (χ1) is 12.5. The Morgan fingerprint density at radius 1 is 1.12 bits per heavy atom. The zero-order chi connectivity index (χ0) is 18.2. The molecule has 1 aromatic carbocycles. The van der Waals surface area contributed by atoms with Crippen LogP contribution in [0.25, 0.3) is 0 Å². The molecule has 0 unspecified atom stereocenters. The molecule has 2 aliphatic heterocycles. The summed E-state index contributed by atoms with van der Waals surface area (Å²) in [5.41, 5.74) is 0.609. The first-order valence-corrected chi connectivity index (χ1v) is 10.0. The highest BCUT2D eigenvalue weighted by Gasteiger charge is 2.43. The molecule has 2 aliphatic rings. The first kappa shape index (κ1) is 17.0. The van der Waals surface area contributed by atoms with E-state index in [-0.39, 0.29) is 17.2 Å². The number of carbonyl (C=O) groups is 1. The molecular formula is C18H20N4O3S. The zero-order valence-electron chi connectivity index (χ0n) is 14.2. The van der Waals surface area contributed by atoms with E-state index in [1.54, 1.807) is 29.3 Å². The second kappa shape index (κ2) is 6.37. The van der Waals surface area contributed by atoms with E-state index in [0.29, 0.717) is 31.6 Å². The fourth-order valence-electron chi connectivity index (χ4n) is 3.53. The minimum absolute atomic E-state index is 0.0117. The highest BCUT2D eigenvalue weighted by molar-refractivity contribution is 7.89. The molecule has 1 fully saturated rings. The number of aromatic nitrogens is 1. The summed E-state index contributed by atoms with van der Waals surface area (Å²) in [6.45, 7) is 0.979. The smallest absolute Gasteiger partial charge is 0.244 e. The third-order valence-electron chi connectivity index (χ3n) is 4.91. The first-order valence-electron chi connectivity index (χ1n) is 8.56. The molecule has 0 aliphatic carbocycles. The number of para-hydroxylation sites is 1. The Morgan fingerprint density at radius 3 is 2.58 bits per heavy atom. The fourth-order valence-corrected chi connectivity index (χ4v) is 5.08. The lowest BCUT2D eigenvalue weighted by Gasteiger charge is -2.45. The Balaban J connectivity index is 1.46. The van der Waals surface area contributed by atoms with E-state index >= 15 is 0 Å². The van der Waals surface area contributed by atoms with Crippen molar-refractivity contribution in [3.8, 4) is 0 Å². The van der Waals surface area contributed by atoms with Crippen LogP contribution < -0.4 is 10.0 Å². The van der Waals surface area contributed by atoms with Gasteiger partial charge in [-0.25, -0.2) is 8.42 Å². The van der Waals surface area contributed by atoms with Gasteiger partial charge < -0.3 is 10.2 Å². The molecule has 0 bridgehead atoms. The van der Waals surface area contributed by atoms with Crippen molar-refractivity contribution in [1.29, 1.82) is 0 Å². The second-order valence-electron chi connectivity index (χ2n) is 6.69. The van der Waals surface area contributed by atoms with Crippen molar-refractivity contribution in [1.82, 2.24) is 14.6 Å². The van der Waals surface area contributed by atoms with Crippen LogP contribution in [-0.4, -0.2) is 43.0 Å². The van der Waals surface area contributed by atoms with Crippen molar-refractivity contribution in [3.63, 3.8) is 0 Å². The summed E-state index contributed by atoms with van der Waals surface area (Å²) >= 11 is 0. The van der Waals surface area contributed by atoms with E-state index in [0.717, 1.165) is 5.69 Å². The molecule has 1 saturated heterocycles. The van der Waals surface area contributed by atoms with Crippen molar-refractivity contribution >= 4 is 21.6 Å². The Bertz CT molecular complexity index is 922. The van der Waals surface area contributed by atoms with Crippen LogP contribution >= 0.6 is 0 Å². The number of hydrogen-bond donors (Lipinski definition) is 2. The molecule has 136 valence electrons. The second-order valence-corrected chi connectivity index (χ2v) is 8.34. The average Bonchev–Trinajstić information content (AvgIpc) is 2.62. The molecule has 0 atom stereocenters. The highest BCUT2D eigenvalue weighted by Crippen LogP contribution is 2.34. The van der Waals surface area contributed by atoms with Crippen LogP contribution in [0.4, 0.5) is 5.69 Å². The van der Waals surface area contributed by atoms with Crippen molar-refractivity contribution in [2.24, 2.45) is 0 Å². The van der Waals surface area contributed by atoms with Gasteiger partial charge in [0, 0.05) is 37.8 Å². The van der Waals surface area contributed by atoms with E-state index in [1.165, 1.54) is 0 Å². The molecule has 3 heterocycles. The molecule has 1 amide bonds. The molecule has 8 heteroatoms. The number of anilines is 1. The number of sulfonamides is 1. The van der Waals surface area contributed by atoms with Gasteiger partial charge in [-0.1, -0.05) is 18.2 Å². The summed E-state index contributed by atoms with van der Waals surface area (Å²) in [6.07, 6.45) is 2.95. The highest BCUT2D eigenvalue weighted by atomic mass is 32.2. The largest absolute Gasteiger partial charge is 0.365 e. The Hall–Kier alpha value is -2.45. The van der Waals surface area contributed by atoms with E-state index in [2.05, 4.69) is 15.0 Å². The summed E-state index contributed by atoms with van der Waals surface area (Å²) in [5.74, 6) is 0.0117. The van der Waals surface area contributed by atoms with E-state index < -0.39 is 15.7 Å². The Kier molecular flexibility index (Phi) is 4.16. The molecule has 0 radical (unpaired) electrons. The SMILES string of the molecule is O=C(Cc1ccccn1)N1CCC2(CC1)Nc1ccccc1S(=O)(=O)N2. The Morgan fingerprint density at radius 2 is 1.85 bits per heavy atom. The van der Waals surface area contributed by atoms with Crippen LogP contribution in [0.5, 0.6) is 0 Å². The minimum Gasteiger partial charge on any atom is -0.365 e. The van der Waals surface area contributed by atoms with Gasteiger partial charge in [-0.3, -0.25) is 9.78 Å². The molecular weight excluding hydrogens is 352 g/mol. The number of pyridine rings is 1. The van der Waals surface area contributed by atoms with Crippen LogP contribution in [0.15, 0.2) is 53.6 Å². The monoisotopic (exact) mass is 372 g/mol. The number of amides is 1. The van der Waals surface area contributed by atoms with Gasteiger partial charge in [-0.05, 0) is 24.3 Å². The standard InChI is InChI=1S/C18H20N4O3S/c23-17(13-14-5-3-4-10-19-14)22-11-8-18(9-12-22)20-15-6-1-2-7-16(15)26(24,25)21-18/h1-7,10,20-21H,8-9,11-13H2. The molecule has 1 aromatic heterocycles. The van der Waals surface area contributed by atoms with Crippen LogP contribution in [0.3, 0.4) is 0 Å².